The van der Waals surface area contributed by atoms with E-state index in [2.05, 4.69) is 43.6 Å². The number of carbonyl (C=O) groups is 1. The molecule has 2 aliphatic rings. The lowest BCUT2D eigenvalue weighted by molar-refractivity contribution is -0.123. The fourth-order valence-electron chi connectivity index (χ4n) is 2.99. The molecule has 22 heavy (non-hydrogen) atoms. The second-order valence-corrected chi connectivity index (χ2v) is 6.86. The standard InChI is InChI=1S/C16H22BrN3O.ClH/c17-14-3-1-2-13(12-14)16(4-5-16)15(21)19-8-11-20-9-6-18-7-10-20;/h1-3,12,18H,4-11H2,(H,19,21);1H. The van der Waals surface area contributed by atoms with Crippen LogP contribution in [0.3, 0.4) is 0 Å². The van der Waals surface area contributed by atoms with E-state index in [1.165, 1.54) is 0 Å². The molecule has 2 fully saturated rings. The largest absolute Gasteiger partial charge is 0.354 e. The van der Waals surface area contributed by atoms with Crippen molar-refractivity contribution >= 4 is 34.2 Å². The van der Waals surface area contributed by atoms with Crippen molar-refractivity contribution in [2.75, 3.05) is 39.3 Å². The second-order valence-electron chi connectivity index (χ2n) is 5.94. The number of rotatable bonds is 5. The van der Waals surface area contributed by atoms with Gasteiger partial charge in [0.25, 0.3) is 0 Å². The number of hydrogen-bond donors (Lipinski definition) is 2. The summed E-state index contributed by atoms with van der Waals surface area (Å²) in [6, 6.07) is 8.14. The van der Waals surface area contributed by atoms with E-state index in [0.717, 1.165) is 62.1 Å². The van der Waals surface area contributed by atoms with Gasteiger partial charge in [0.2, 0.25) is 5.91 Å². The van der Waals surface area contributed by atoms with E-state index in [1.54, 1.807) is 0 Å². The van der Waals surface area contributed by atoms with Crippen molar-refractivity contribution in [3.63, 3.8) is 0 Å². The molecule has 0 spiro atoms. The summed E-state index contributed by atoms with van der Waals surface area (Å²) >= 11 is 3.49. The average molecular weight is 389 g/mol. The topological polar surface area (TPSA) is 44.4 Å². The van der Waals surface area contributed by atoms with E-state index in [0.29, 0.717) is 0 Å². The molecule has 0 atom stereocenters. The number of benzene rings is 1. The van der Waals surface area contributed by atoms with Crippen LogP contribution in [0.15, 0.2) is 28.7 Å². The summed E-state index contributed by atoms with van der Waals surface area (Å²) in [6.45, 7) is 5.95. The fourth-order valence-corrected chi connectivity index (χ4v) is 3.39. The van der Waals surface area contributed by atoms with E-state index in [-0.39, 0.29) is 23.7 Å². The quantitative estimate of drug-likeness (QED) is 0.810. The highest BCUT2D eigenvalue weighted by molar-refractivity contribution is 9.10. The van der Waals surface area contributed by atoms with Gasteiger partial charge in [-0.3, -0.25) is 9.69 Å². The van der Waals surface area contributed by atoms with Gasteiger partial charge in [-0.15, -0.1) is 12.4 Å². The van der Waals surface area contributed by atoms with Crippen molar-refractivity contribution in [1.82, 2.24) is 15.5 Å². The Morgan fingerprint density at radius 2 is 2.05 bits per heavy atom. The first kappa shape index (κ1) is 17.7. The van der Waals surface area contributed by atoms with Crippen molar-refractivity contribution in [1.29, 1.82) is 0 Å². The summed E-state index contributed by atoms with van der Waals surface area (Å²) in [6.07, 6.45) is 1.92. The van der Waals surface area contributed by atoms with Crippen LogP contribution in [0.1, 0.15) is 18.4 Å². The third-order valence-corrected chi connectivity index (χ3v) is 4.98. The first-order valence-corrected chi connectivity index (χ1v) is 8.47. The molecule has 4 nitrogen and oxygen atoms in total. The molecule has 1 amide bonds. The van der Waals surface area contributed by atoms with Crippen LogP contribution in [0.2, 0.25) is 0 Å². The zero-order chi connectivity index (χ0) is 14.7. The van der Waals surface area contributed by atoms with Gasteiger partial charge in [-0.25, -0.2) is 0 Å². The Morgan fingerprint density at radius 3 is 2.68 bits per heavy atom. The highest BCUT2D eigenvalue weighted by atomic mass is 79.9. The highest BCUT2D eigenvalue weighted by Gasteiger charge is 2.51. The number of hydrogen-bond acceptors (Lipinski definition) is 3. The van der Waals surface area contributed by atoms with E-state index in [4.69, 9.17) is 0 Å². The molecule has 1 aromatic carbocycles. The Bertz CT molecular complexity index is 516. The van der Waals surface area contributed by atoms with Gasteiger partial charge in [0.1, 0.15) is 0 Å². The summed E-state index contributed by atoms with van der Waals surface area (Å²) in [7, 11) is 0. The van der Waals surface area contributed by atoms with Gasteiger partial charge >= 0.3 is 0 Å². The monoisotopic (exact) mass is 387 g/mol. The van der Waals surface area contributed by atoms with Crippen molar-refractivity contribution in [2.45, 2.75) is 18.3 Å². The summed E-state index contributed by atoms with van der Waals surface area (Å²) in [5.41, 5.74) is 0.865. The van der Waals surface area contributed by atoms with E-state index in [1.807, 2.05) is 12.1 Å². The van der Waals surface area contributed by atoms with Crippen LogP contribution in [0.5, 0.6) is 0 Å². The fraction of sp³-hybridized carbons (Fsp3) is 0.562. The van der Waals surface area contributed by atoms with Crippen molar-refractivity contribution < 1.29 is 4.79 Å². The van der Waals surface area contributed by atoms with Gasteiger partial charge < -0.3 is 10.6 Å². The molecular formula is C16H23BrClN3O. The zero-order valence-corrected chi connectivity index (χ0v) is 15.0. The van der Waals surface area contributed by atoms with Crippen molar-refractivity contribution in [3.8, 4) is 0 Å². The van der Waals surface area contributed by atoms with Crippen LogP contribution >= 0.6 is 28.3 Å². The first-order chi connectivity index (χ1) is 10.2. The number of carbonyl (C=O) groups excluding carboxylic acids is 1. The SMILES string of the molecule is Cl.O=C(NCCN1CCNCC1)C1(c2cccc(Br)c2)CC1. The van der Waals surface area contributed by atoms with Gasteiger partial charge in [-0.1, -0.05) is 28.1 Å². The molecule has 6 heteroatoms. The van der Waals surface area contributed by atoms with Crippen molar-refractivity contribution in [3.05, 3.63) is 34.3 Å². The molecule has 1 aromatic rings. The number of halogens is 2. The molecule has 3 rings (SSSR count). The van der Waals surface area contributed by atoms with Crippen LogP contribution in [0.4, 0.5) is 0 Å². The van der Waals surface area contributed by atoms with E-state index < -0.39 is 0 Å². The molecule has 1 aliphatic heterocycles. The molecule has 1 heterocycles. The molecule has 0 unspecified atom stereocenters. The average Bonchev–Trinajstić information content (AvgIpc) is 3.30. The lowest BCUT2D eigenvalue weighted by Gasteiger charge is -2.27. The molecule has 1 saturated heterocycles. The Morgan fingerprint density at radius 1 is 1.32 bits per heavy atom. The molecule has 1 saturated carbocycles. The predicted molar refractivity (Wildman–Crippen MR) is 94.6 cm³/mol. The molecule has 0 bridgehead atoms. The van der Waals surface area contributed by atoms with Crippen LogP contribution in [0.25, 0.3) is 0 Å². The van der Waals surface area contributed by atoms with Crippen LogP contribution in [-0.4, -0.2) is 50.1 Å². The Kier molecular flexibility index (Phi) is 6.26. The Balaban J connectivity index is 0.00000176. The lowest BCUT2D eigenvalue weighted by atomic mass is 9.95. The van der Waals surface area contributed by atoms with E-state index >= 15 is 0 Å². The summed E-state index contributed by atoms with van der Waals surface area (Å²) in [5, 5.41) is 6.48. The van der Waals surface area contributed by atoms with Crippen LogP contribution in [0, 0.1) is 0 Å². The number of nitrogens with zero attached hydrogens (tertiary/aromatic N) is 1. The molecule has 122 valence electrons. The van der Waals surface area contributed by atoms with Gasteiger partial charge in [0.15, 0.2) is 0 Å². The highest BCUT2D eigenvalue weighted by Crippen LogP contribution is 2.48. The second kappa shape index (κ2) is 7.77. The third kappa shape index (κ3) is 4.02. The number of nitrogens with one attached hydrogen (secondary N) is 2. The third-order valence-electron chi connectivity index (χ3n) is 4.49. The van der Waals surface area contributed by atoms with Crippen molar-refractivity contribution in [2.24, 2.45) is 0 Å². The molecule has 1 aliphatic carbocycles. The minimum Gasteiger partial charge on any atom is -0.354 e. The molecule has 0 aromatic heterocycles. The maximum absolute atomic E-state index is 12.5. The minimum atomic E-state index is -0.271. The number of amides is 1. The van der Waals surface area contributed by atoms with Gasteiger partial charge in [0, 0.05) is 43.7 Å². The van der Waals surface area contributed by atoms with Gasteiger partial charge in [-0.05, 0) is 30.5 Å². The maximum Gasteiger partial charge on any atom is 0.230 e. The minimum absolute atomic E-state index is 0. The Hall–Kier alpha value is -0.620. The first-order valence-electron chi connectivity index (χ1n) is 7.68. The summed E-state index contributed by atoms with van der Waals surface area (Å²) in [5.74, 6) is 0.190. The molecule has 2 N–H and O–H groups in total. The normalized spacial score (nSPS) is 20.0. The smallest absolute Gasteiger partial charge is 0.230 e. The molecular weight excluding hydrogens is 366 g/mol. The van der Waals surface area contributed by atoms with Gasteiger partial charge in [-0.2, -0.15) is 0 Å². The lowest BCUT2D eigenvalue weighted by Crippen LogP contribution is -2.47. The summed E-state index contributed by atoms with van der Waals surface area (Å²) < 4.78 is 1.04. The van der Waals surface area contributed by atoms with Crippen LogP contribution < -0.4 is 10.6 Å². The summed E-state index contributed by atoms with van der Waals surface area (Å²) in [4.78, 5) is 14.9. The zero-order valence-electron chi connectivity index (χ0n) is 12.6. The number of piperazine rings is 1. The molecule has 0 radical (unpaired) electrons. The van der Waals surface area contributed by atoms with E-state index in [9.17, 15) is 4.79 Å². The van der Waals surface area contributed by atoms with Crippen LogP contribution in [-0.2, 0) is 10.2 Å². The predicted octanol–water partition coefficient (Wildman–Crippen LogP) is 1.92. The van der Waals surface area contributed by atoms with Gasteiger partial charge in [0.05, 0.1) is 5.41 Å². The maximum atomic E-state index is 12.5. The Labute approximate surface area is 146 Å².